The monoisotopic (exact) mass is 299 g/mol. The van der Waals surface area contributed by atoms with Crippen molar-refractivity contribution in [2.24, 2.45) is 0 Å². The van der Waals surface area contributed by atoms with E-state index in [0.29, 0.717) is 11.0 Å². The maximum atomic E-state index is 13.6. The largest absolute Gasteiger partial charge is 0.458 e. The first-order chi connectivity index (χ1) is 8.17. The van der Waals surface area contributed by atoms with E-state index >= 15 is 0 Å². The first kappa shape index (κ1) is 12.6. The molecule has 92 valence electrons. The molecule has 1 unspecified atom stereocenters. The molecule has 4 heteroatoms. The number of hydrogen-bond donors (Lipinski definition) is 1. The molecule has 0 fully saturated rings. The molecule has 0 amide bonds. The first-order valence-corrected chi connectivity index (χ1v) is 6.57. The Kier molecular flexibility index (Phi) is 3.84. The van der Waals surface area contributed by atoms with Crippen LogP contribution in [0.25, 0.3) is 11.0 Å². The molecule has 0 saturated heterocycles. The standard InChI is InChI=1S/C13H15BrFNO/c1-3-11(16-4-2)12-7-8-10(15)6-5-9(14)13(8)17-12/h5-7,11,16H,3-4H2,1-2H3. The summed E-state index contributed by atoms with van der Waals surface area (Å²) in [6, 6.07) is 5.03. The van der Waals surface area contributed by atoms with Crippen molar-refractivity contribution in [2.45, 2.75) is 26.3 Å². The Hall–Kier alpha value is -0.870. The van der Waals surface area contributed by atoms with Crippen LogP contribution in [0.5, 0.6) is 0 Å². The minimum atomic E-state index is -0.246. The van der Waals surface area contributed by atoms with Crippen molar-refractivity contribution in [1.29, 1.82) is 0 Å². The van der Waals surface area contributed by atoms with Gasteiger partial charge in [0.1, 0.15) is 11.6 Å². The van der Waals surface area contributed by atoms with Gasteiger partial charge in [0.2, 0.25) is 0 Å². The van der Waals surface area contributed by atoms with Crippen molar-refractivity contribution < 1.29 is 8.81 Å². The predicted octanol–water partition coefficient (Wildman–Crippen LogP) is 4.40. The molecule has 0 aliphatic rings. The van der Waals surface area contributed by atoms with Crippen molar-refractivity contribution in [3.8, 4) is 0 Å². The zero-order valence-corrected chi connectivity index (χ0v) is 11.5. The minimum Gasteiger partial charge on any atom is -0.458 e. The molecule has 1 aromatic heterocycles. The molecule has 0 aliphatic carbocycles. The maximum absolute atomic E-state index is 13.6. The Morgan fingerprint density at radius 2 is 2.18 bits per heavy atom. The number of nitrogens with one attached hydrogen (secondary N) is 1. The highest BCUT2D eigenvalue weighted by atomic mass is 79.9. The van der Waals surface area contributed by atoms with Gasteiger partial charge in [-0.2, -0.15) is 0 Å². The third-order valence-corrected chi connectivity index (χ3v) is 3.43. The zero-order chi connectivity index (χ0) is 12.4. The summed E-state index contributed by atoms with van der Waals surface area (Å²) in [5, 5.41) is 3.85. The maximum Gasteiger partial charge on any atom is 0.151 e. The molecule has 1 aromatic carbocycles. The lowest BCUT2D eigenvalue weighted by Gasteiger charge is -2.11. The fraction of sp³-hybridized carbons (Fsp3) is 0.385. The summed E-state index contributed by atoms with van der Waals surface area (Å²) in [5.74, 6) is 0.541. The molecule has 17 heavy (non-hydrogen) atoms. The van der Waals surface area contributed by atoms with E-state index in [1.165, 1.54) is 6.07 Å². The van der Waals surface area contributed by atoms with Gasteiger partial charge < -0.3 is 9.73 Å². The molecule has 0 spiro atoms. The van der Waals surface area contributed by atoms with Crippen molar-refractivity contribution in [2.75, 3.05) is 6.54 Å². The lowest BCUT2D eigenvalue weighted by atomic mass is 10.1. The van der Waals surface area contributed by atoms with Gasteiger partial charge in [-0.1, -0.05) is 13.8 Å². The van der Waals surface area contributed by atoms with Gasteiger partial charge >= 0.3 is 0 Å². The summed E-state index contributed by atoms with van der Waals surface area (Å²) in [5.41, 5.74) is 0.580. The quantitative estimate of drug-likeness (QED) is 0.905. The molecule has 1 N–H and O–H groups in total. The van der Waals surface area contributed by atoms with Gasteiger partial charge in [-0.15, -0.1) is 0 Å². The van der Waals surface area contributed by atoms with Crippen LogP contribution in [0.3, 0.4) is 0 Å². The van der Waals surface area contributed by atoms with Crippen LogP contribution in [-0.4, -0.2) is 6.54 Å². The average molecular weight is 300 g/mol. The van der Waals surface area contributed by atoms with E-state index in [4.69, 9.17) is 4.42 Å². The Labute approximate surface area is 108 Å². The van der Waals surface area contributed by atoms with Crippen LogP contribution in [0.1, 0.15) is 32.1 Å². The fourth-order valence-electron chi connectivity index (χ4n) is 1.94. The Bertz CT molecular complexity index is 484. The van der Waals surface area contributed by atoms with Crippen molar-refractivity contribution in [3.05, 3.63) is 34.2 Å². The van der Waals surface area contributed by atoms with Crippen molar-refractivity contribution >= 4 is 26.9 Å². The van der Waals surface area contributed by atoms with Crippen molar-refractivity contribution in [1.82, 2.24) is 5.32 Å². The van der Waals surface area contributed by atoms with Gasteiger partial charge in [-0.05, 0) is 47.1 Å². The lowest BCUT2D eigenvalue weighted by molar-refractivity contribution is 0.428. The number of furan rings is 1. The van der Waals surface area contributed by atoms with E-state index in [1.54, 1.807) is 12.1 Å². The number of hydrogen-bond acceptors (Lipinski definition) is 2. The zero-order valence-electron chi connectivity index (χ0n) is 9.89. The smallest absolute Gasteiger partial charge is 0.151 e. The van der Waals surface area contributed by atoms with E-state index in [-0.39, 0.29) is 11.9 Å². The Morgan fingerprint density at radius 1 is 1.41 bits per heavy atom. The molecule has 1 heterocycles. The summed E-state index contributed by atoms with van der Waals surface area (Å²) in [6.07, 6.45) is 0.910. The third-order valence-electron chi connectivity index (χ3n) is 2.80. The minimum absolute atomic E-state index is 0.138. The van der Waals surface area contributed by atoms with Crippen LogP contribution in [0.15, 0.2) is 27.1 Å². The molecule has 2 aromatic rings. The second-order valence-electron chi connectivity index (χ2n) is 3.94. The second kappa shape index (κ2) is 5.19. The average Bonchev–Trinajstić information content (AvgIpc) is 2.77. The van der Waals surface area contributed by atoms with Crippen LogP contribution in [-0.2, 0) is 0 Å². The van der Waals surface area contributed by atoms with Crippen LogP contribution in [0.2, 0.25) is 0 Å². The summed E-state index contributed by atoms with van der Waals surface area (Å²) < 4.78 is 20.2. The second-order valence-corrected chi connectivity index (χ2v) is 4.79. The highest BCUT2D eigenvalue weighted by molar-refractivity contribution is 9.10. The van der Waals surface area contributed by atoms with Crippen LogP contribution in [0, 0.1) is 5.82 Å². The van der Waals surface area contributed by atoms with Gasteiger partial charge in [0.05, 0.1) is 15.9 Å². The number of halogens is 2. The van der Waals surface area contributed by atoms with Gasteiger partial charge in [-0.3, -0.25) is 0 Å². The van der Waals surface area contributed by atoms with E-state index < -0.39 is 0 Å². The normalized spacial score (nSPS) is 13.2. The molecule has 0 aliphatic heterocycles. The molecule has 1 atom stereocenters. The summed E-state index contributed by atoms with van der Waals surface area (Å²) in [6.45, 7) is 4.98. The van der Waals surface area contributed by atoms with E-state index in [9.17, 15) is 4.39 Å². The summed E-state index contributed by atoms with van der Waals surface area (Å²) in [4.78, 5) is 0. The van der Waals surface area contributed by atoms with Crippen molar-refractivity contribution in [3.63, 3.8) is 0 Å². The topological polar surface area (TPSA) is 25.2 Å². The van der Waals surface area contributed by atoms with Gasteiger partial charge in [0, 0.05) is 0 Å². The van der Waals surface area contributed by atoms with Gasteiger partial charge in [-0.25, -0.2) is 4.39 Å². The number of rotatable bonds is 4. The van der Waals surface area contributed by atoms with Crippen LogP contribution >= 0.6 is 15.9 Å². The highest BCUT2D eigenvalue weighted by Crippen LogP contribution is 2.32. The SMILES string of the molecule is CCNC(CC)c1cc2c(F)ccc(Br)c2o1. The highest BCUT2D eigenvalue weighted by Gasteiger charge is 2.16. The predicted molar refractivity (Wildman–Crippen MR) is 70.6 cm³/mol. The molecule has 0 saturated carbocycles. The summed E-state index contributed by atoms with van der Waals surface area (Å²) in [7, 11) is 0. The van der Waals surface area contributed by atoms with Crippen LogP contribution in [0.4, 0.5) is 4.39 Å². The molecule has 0 radical (unpaired) electrons. The summed E-state index contributed by atoms with van der Waals surface area (Å²) >= 11 is 3.37. The molecular weight excluding hydrogens is 285 g/mol. The van der Waals surface area contributed by atoms with E-state index in [1.807, 2.05) is 6.92 Å². The molecular formula is C13H15BrFNO. The fourth-order valence-corrected chi connectivity index (χ4v) is 2.37. The van der Waals surface area contributed by atoms with Gasteiger partial charge in [0.25, 0.3) is 0 Å². The Morgan fingerprint density at radius 3 is 2.76 bits per heavy atom. The lowest BCUT2D eigenvalue weighted by Crippen LogP contribution is -2.19. The van der Waals surface area contributed by atoms with E-state index in [2.05, 4.69) is 28.2 Å². The third kappa shape index (κ3) is 2.38. The molecule has 0 bridgehead atoms. The first-order valence-electron chi connectivity index (χ1n) is 5.78. The van der Waals surface area contributed by atoms with Crippen LogP contribution < -0.4 is 5.32 Å². The molecule has 2 rings (SSSR count). The Balaban J connectivity index is 2.50. The number of benzene rings is 1. The van der Waals surface area contributed by atoms with Gasteiger partial charge in [0.15, 0.2) is 5.58 Å². The molecule has 2 nitrogen and oxygen atoms in total. The number of fused-ring (bicyclic) bond motifs is 1. The van der Waals surface area contributed by atoms with E-state index in [0.717, 1.165) is 23.2 Å².